The Kier molecular flexibility index (Phi) is 6.28. The van der Waals surface area contributed by atoms with Gasteiger partial charge in [-0.15, -0.1) is 0 Å². The summed E-state index contributed by atoms with van der Waals surface area (Å²) in [6.07, 6.45) is 4.38. The van der Waals surface area contributed by atoms with Crippen LogP contribution in [0.5, 0.6) is 0 Å². The molecule has 2 N–H and O–H groups in total. The number of benzene rings is 1. The molecular formula is C14H19BrFNO2. The minimum atomic E-state index is -1.15. The lowest BCUT2D eigenvalue weighted by molar-refractivity contribution is 0.0695. The van der Waals surface area contributed by atoms with Gasteiger partial charge in [-0.25, -0.2) is 9.18 Å². The van der Waals surface area contributed by atoms with Gasteiger partial charge in [0.05, 0.1) is 15.7 Å². The van der Waals surface area contributed by atoms with Gasteiger partial charge in [-0.2, -0.15) is 0 Å². The van der Waals surface area contributed by atoms with Gasteiger partial charge >= 0.3 is 5.97 Å². The Balaban J connectivity index is 2.74. The number of carboxylic acids is 1. The monoisotopic (exact) mass is 331 g/mol. The van der Waals surface area contributed by atoms with E-state index in [1.54, 1.807) is 0 Å². The largest absolute Gasteiger partial charge is 0.478 e. The van der Waals surface area contributed by atoms with Gasteiger partial charge in [0.15, 0.2) is 5.82 Å². The molecule has 0 bridgehead atoms. The van der Waals surface area contributed by atoms with Gasteiger partial charge in [0, 0.05) is 6.04 Å². The molecule has 0 aliphatic heterocycles. The zero-order chi connectivity index (χ0) is 14.4. The average molecular weight is 332 g/mol. The van der Waals surface area contributed by atoms with Gasteiger partial charge in [0.1, 0.15) is 0 Å². The van der Waals surface area contributed by atoms with Gasteiger partial charge in [0.2, 0.25) is 0 Å². The molecule has 1 aromatic rings. The summed E-state index contributed by atoms with van der Waals surface area (Å²) in [5, 5.41) is 12.0. The summed E-state index contributed by atoms with van der Waals surface area (Å²) < 4.78 is 14.0. The molecule has 0 saturated heterocycles. The van der Waals surface area contributed by atoms with E-state index in [9.17, 15) is 9.18 Å². The van der Waals surface area contributed by atoms with E-state index in [1.165, 1.54) is 12.1 Å². The van der Waals surface area contributed by atoms with Crippen molar-refractivity contribution in [1.82, 2.24) is 0 Å². The SMILES string of the molecule is CCCCCC(C)Nc1ccc(C(=O)O)c(Br)c1F. The predicted molar refractivity (Wildman–Crippen MR) is 78.3 cm³/mol. The maximum atomic E-state index is 14.0. The standard InChI is InChI=1S/C14H19BrFNO2/c1-3-4-5-6-9(2)17-11-8-7-10(14(18)19)12(15)13(11)16/h7-9,17H,3-6H2,1-2H3,(H,18,19). The molecule has 1 rings (SSSR count). The molecule has 1 aromatic carbocycles. The molecule has 0 aliphatic rings. The highest BCUT2D eigenvalue weighted by molar-refractivity contribution is 9.10. The number of hydrogen-bond donors (Lipinski definition) is 2. The summed E-state index contributed by atoms with van der Waals surface area (Å²) in [6.45, 7) is 4.13. The van der Waals surface area contributed by atoms with E-state index in [-0.39, 0.29) is 16.1 Å². The Morgan fingerprint density at radius 3 is 2.74 bits per heavy atom. The number of unbranched alkanes of at least 4 members (excludes halogenated alkanes) is 2. The molecule has 1 unspecified atom stereocenters. The van der Waals surface area contributed by atoms with E-state index >= 15 is 0 Å². The fourth-order valence-corrected chi connectivity index (χ4v) is 2.38. The first-order valence-corrected chi connectivity index (χ1v) is 7.24. The van der Waals surface area contributed by atoms with Crippen LogP contribution in [0, 0.1) is 5.82 Å². The number of rotatable bonds is 7. The van der Waals surface area contributed by atoms with E-state index in [0.29, 0.717) is 5.69 Å². The number of nitrogens with one attached hydrogen (secondary N) is 1. The number of carboxylic acid groups (broad SMARTS) is 1. The van der Waals surface area contributed by atoms with Crippen molar-refractivity contribution < 1.29 is 14.3 Å². The summed E-state index contributed by atoms with van der Waals surface area (Å²) in [6, 6.07) is 3.03. The second-order valence-electron chi connectivity index (χ2n) is 4.63. The van der Waals surface area contributed by atoms with Crippen molar-refractivity contribution in [2.45, 2.75) is 45.6 Å². The summed E-state index contributed by atoms with van der Waals surface area (Å²) in [4.78, 5) is 10.9. The number of halogens is 2. The third-order valence-corrected chi connectivity index (χ3v) is 3.73. The van der Waals surface area contributed by atoms with Crippen molar-refractivity contribution in [2.75, 3.05) is 5.32 Å². The lowest BCUT2D eigenvalue weighted by Gasteiger charge is -2.16. The molecular weight excluding hydrogens is 313 g/mol. The van der Waals surface area contributed by atoms with E-state index in [0.717, 1.165) is 25.7 Å². The van der Waals surface area contributed by atoms with Crippen LogP contribution in [-0.4, -0.2) is 17.1 Å². The third kappa shape index (κ3) is 4.49. The van der Waals surface area contributed by atoms with E-state index in [2.05, 4.69) is 28.2 Å². The molecule has 106 valence electrons. The van der Waals surface area contributed by atoms with Crippen LogP contribution in [-0.2, 0) is 0 Å². The molecule has 0 spiro atoms. The number of aromatic carboxylic acids is 1. The van der Waals surface area contributed by atoms with E-state index in [4.69, 9.17) is 5.11 Å². The van der Waals surface area contributed by atoms with Crippen molar-refractivity contribution >= 4 is 27.6 Å². The van der Waals surface area contributed by atoms with Crippen LogP contribution < -0.4 is 5.32 Å². The maximum Gasteiger partial charge on any atom is 0.336 e. The fourth-order valence-electron chi connectivity index (χ4n) is 1.86. The number of carbonyl (C=O) groups is 1. The van der Waals surface area contributed by atoms with E-state index in [1.807, 2.05) is 6.92 Å². The summed E-state index contributed by atoms with van der Waals surface area (Å²) >= 11 is 2.99. The van der Waals surface area contributed by atoms with Crippen LogP contribution in [0.2, 0.25) is 0 Å². The van der Waals surface area contributed by atoms with Crippen molar-refractivity contribution in [3.05, 3.63) is 28.0 Å². The van der Waals surface area contributed by atoms with Crippen LogP contribution in [0.3, 0.4) is 0 Å². The van der Waals surface area contributed by atoms with Gasteiger partial charge in [-0.1, -0.05) is 26.2 Å². The predicted octanol–water partition coefficient (Wildman–Crippen LogP) is 4.67. The lowest BCUT2D eigenvalue weighted by atomic mass is 10.1. The second-order valence-corrected chi connectivity index (χ2v) is 5.43. The summed E-state index contributed by atoms with van der Waals surface area (Å²) in [5.41, 5.74) is 0.266. The van der Waals surface area contributed by atoms with Gasteiger partial charge < -0.3 is 10.4 Å². The Hall–Kier alpha value is -1.10. The molecule has 1 atom stereocenters. The fraction of sp³-hybridized carbons (Fsp3) is 0.500. The average Bonchev–Trinajstić information content (AvgIpc) is 2.35. The van der Waals surface area contributed by atoms with Crippen LogP contribution in [0.1, 0.15) is 49.9 Å². The van der Waals surface area contributed by atoms with E-state index < -0.39 is 11.8 Å². The van der Waals surface area contributed by atoms with Gasteiger partial charge in [0.25, 0.3) is 0 Å². The number of anilines is 1. The smallest absolute Gasteiger partial charge is 0.336 e. The molecule has 0 radical (unpaired) electrons. The second kappa shape index (κ2) is 7.48. The first-order valence-electron chi connectivity index (χ1n) is 6.45. The molecule has 3 nitrogen and oxygen atoms in total. The number of hydrogen-bond acceptors (Lipinski definition) is 2. The molecule has 0 aliphatic carbocycles. The van der Waals surface area contributed by atoms with Crippen molar-refractivity contribution in [3.8, 4) is 0 Å². The Labute approximate surface area is 121 Å². The first-order chi connectivity index (χ1) is 8.97. The topological polar surface area (TPSA) is 49.3 Å². The van der Waals surface area contributed by atoms with Gasteiger partial charge in [-0.05, 0) is 41.4 Å². The molecule has 0 saturated carbocycles. The lowest BCUT2D eigenvalue weighted by Crippen LogP contribution is -2.16. The minimum absolute atomic E-state index is 0.00856. The molecule has 5 heteroatoms. The Morgan fingerprint density at radius 2 is 2.16 bits per heavy atom. The Morgan fingerprint density at radius 1 is 1.47 bits per heavy atom. The van der Waals surface area contributed by atoms with Crippen molar-refractivity contribution in [1.29, 1.82) is 0 Å². The third-order valence-electron chi connectivity index (χ3n) is 2.96. The zero-order valence-electron chi connectivity index (χ0n) is 11.2. The molecule has 0 heterocycles. The van der Waals surface area contributed by atoms with Crippen molar-refractivity contribution in [2.24, 2.45) is 0 Å². The maximum absolute atomic E-state index is 14.0. The van der Waals surface area contributed by atoms with Crippen molar-refractivity contribution in [3.63, 3.8) is 0 Å². The summed E-state index contributed by atoms with van der Waals surface area (Å²) in [7, 11) is 0. The Bertz CT molecular complexity index is 451. The zero-order valence-corrected chi connectivity index (χ0v) is 12.8. The van der Waals surface area contributed by atoms with Crippen LogP contribution >= 0.6 is 15.9 Å². The highest BCUT2D eigenvalue weighted by atomic mass is 79.9. The van der Waals surface area contributed by atoms with Crippen LogP contribution in [0.4, 0.5) is 10.1 Å². The molecule has 0 fully saturated rings. The van der Waals surface area contributed by atoms with Gasteiger partial charge in [-0.3, -0.25) is 0 Å². The van der Waals surface area contributed by atoms with Crippen LogP contribution in [0.15, 0.2) is 16.6 Å². The highest BCUT2D eigenvalue weighted by Crippen LogP contribution is 2.27. The minimum Gasteiger partial charge on any atom is -0.478 e. The highest BCUT2D eigenvalue weighted by Gasteiger charge is 2.16. The quantitative estimate of drug-likeness (QED) is 0.714. The molecule has 0 aromatic heterocycles. The van der Waals surface area contributed by atoms with Crippen LogP contribution in [0.25, 0.3) is 0 Å². The summed E-state index contributed by atoms with van der Waals surface area (Å²) in [5.74, 6) is -1.70. The molecule has 19 heavy (non-hydrogen) atoms. The first kappa shape index (κ1) is 16.0. The normalized spacial score (nSPS) is 12.2. The molecule has 0 amide bonds.